The number of carbonyl (C=O) groups is 1. The molecule has 148 valence electrons. The molecule has 2 aromatic rings. The number of ketones is 1. The van der Waals surface area contributed by atoms with E-state index in [1.54, 1.807) is 14.2 Å². The highest BCUT2D eigenvalue weighted by atomic mass is 16.5. The standard InChI is InChI=1S/C23H28N2O3/c1-27-21-13-18-12-19(23(26)20(18)14-22(21)28-2)16-25-10-8-24(9-11-25)15-17-6-4-3-5-7-17/h3-7,13-14,19H,8-12,15-16H2,1-2H3. The van der Waals surface area contributed by atoms with Crippen molar-refractivity contribution in [3.63, 3.8) is 0 Å². The molecule has 0 aromatic heterocycles. The molecule has 2 aliphatic rings. The van der Waals surface area contributed by atoms with Gasteiger partial charge in [0.2, 0.25) is 0 Å². The number of hydrogen-bond acceptors (Lipinski definition) is 5. The van der Waals surface area contributed by atoms with Crippen LogP contribution in [0, 0.1) is 5.92 Å². The molecule has 28 heavy (non-hydrogen) atoms. The maximum atomic E-state index is 12.9. The quantitative estimate of drug-likeness (QED) is 0.771. The van der Waals surface area contributed by atoms with E-state index in [4.69, 9.17) is 9.47 Å². The van der Waals surface area contributed by atoms with Gasteiger partial charge in [-0.2, -0.15) is 0 Å². The Labute approximate surface area is 166 Å². The third-order valence-electron chi connectivity index (χ3n) is 5.90. The van der Waals surface area contributed by atoms with E-state index in [0.717, 1.165) is 56.8 Å². The Morgan fingerprint density at radius 2 is 1.57 bits per heavy atom. The van der Waals surface area contributed by atoms with Gasteiger partial charge >= 0.3 is 0 Å². The van der Waals surface area contributed by atoms with Crippen LogP contribution >= 0.6 is 0 Å². The molecule has 0 N–H and O–H groups in total. The van der Waals surface area contributed by atoms with E-state index in [1.807, 2.05) is 12.1 Å². The van der Waals surface area contributed by atoms with E-state index in [2.05, 4.69) is 40.1 Å². The summed E-state index contributed by atoms with van der Waals surface area (Å²) in [5.74, 6) is 1.60. The van der Waals surface area contributed by atoms with Gasteiger partial charge in [-0.3, -0.25) is 9.69 Å². The number of carbonyl (C=O) groups excluding carboxylic acids is 1. The molecule has 1 unspecified atom stereocenters. The highest BCUT2D eigenvalue weighted by Gasteiger charge is 2.33. The topological polar surface area (TPSA) is 42.0 Å². The molecule has 0 saturated carbocycles. The summed E-state index contributed by atoms with van der Waals surface area (Å²) < 4.78 is 10.8. The van der Waals surface area contributed by atoms with Gasteiger partial charge in [0, 0.05) is 50.7 Å². The van der Waals surface area contributed by atoms with Crippen molar-refractivity contribution in [2.45, 2.75) is 13.0 Å². The van der Waals surface area contributed by atoms with E-state index in [-0.39, 0.29) is 11.7 Å². The normalized spacial score (nSPS) is 20.2. The third-order valence-corrected chi connectivity index (χ3v) is 5.90. The Hall–Kier alpha value is -2.37. The van der Waals surface area contributed by atoms with Gasteiger partial charge in [0.05, 0.1) is 14.2 Å². The van der Waals surface area contributed by atoms with Crippen LogP contribution in [0.3, 0.4) is 0 Å². The van der Waals surface area contributed by atoms with Crippen molar-refractivity contribution in [3.05, 3.63) is 59.2 Å². The molecule has 0 amide bonds. The fraction of sp³-hybridized carbons (Fsp3) is 0.435. The van der Waals surface area contributed by atoms with Gasteiger partial charge in [-0.25, -0.2) is 0 Å². The summed E-state index contributed by atoms with van der Waals surface area (Å²) in [6.45, 7) is 5.95. The van der Waals surface area contributed by atoms with E-state index >= 15 is 0 Å². The molecular formula is C23H28N2O3. The summed E-state index contributed by atoms with van der Waals surface area (Å²) in [5, 5.41) is 0. The average Bonchev–Trinajstić information content (AvgIpc) is 3.03. The van der Waals surface area contributed by atoms with Crippen molar-refractivity contribution < 1.29 is 14.3 Å². The summed E-state index contributed by atoms with van der Waals surface area (Å²) in [6.07, 6.45) is 0.790. The number of fused-ring (bicyclic) bond motifs is 1. The van der Waals surface area contributed by atoms with E-state index in [0.29, 0.717) is 11.5 Å². The number of nitrogens with zero attached hydrogens (tertiary/aromatic N) is 2. The first-order chi connectivity index (χ1) is 13.7. The van der Waals surface area contributed by atoms with Crippen LogP contribution in [-0.2, 0) is 13.0 Å². The van der Waals surface area contributed by atoms with Crippen molar-refractivity contribution in [2.24, 2.45) is 5.92 Å². The second-order valence-corrected chi connectivity index (χ2v) is 7.69. The Morgan fingerprint density at radius 3 is 2.25 bits per heavy atom. The number of ether oxygens (including phenoxy) is 2. The van der Waals surface area contributed by atoms with Crippen molar-refractivity contribution in [3.8, 4) is 11.5 Å². The van der Waals surface area contributed by atoms with Crippen molar-refractivity contribution in [1.29, 1.82) is 0 Å². The first-order valence-corrected chi connectivity index (χ1v) is 9.95. The first-order valence-electron chi connectivity index (χ1n) is 9.95. The molecule has 1 aliphatic heterocycles. The largest absolute Gasteiger partial charge is 0.493 e. The molecule has 0 radical (unpaired) electrons. The summed E-state index contributed by atoms with van der Waals surface area (Å²) in [6, 6.07) is 14.4. The molecular weight excluding hydrogens is 352 g/mol. The SMILES string of the molecule is COc1cc2c(cc1OC)C(=O)C(CN1CCN(Cc3ccccc3)CC1)C2. The summed E-state index contributed by atoms with van der Waals surface area (Å²) in [7, 11) is 3.24. The van der Waals surface area contributed by atoms with Crippen LogP contribution in [0.5, 0.6) is 11.5 Å². The minimum absolute atomic E-state index is 0.0347. The Kier molecular flexibility index (Phi) is 5.64. The predicted molar refractivity (Wildman–Crippen MR) is 109 cm³/mol. The highest BCUT2D eigenvalue weighted by Crippen LogP contribution is 2.37. The van der Waals surface area contributed by atoms with Crippen molar-refractivity contribution in [2.75, 3.05) is 46.9 Å². The molecule has 0 spiro atoms. The number of rotatable bonds is 6. The predicted octanol–water partition coefficient (Wildman–Crippen LogP) is 2.88. The molecule has 5 heteroatoms. The molecule has 1 fully saturated rings. The second-order valence-electron chi connectivity index (χ2n) is 7.69. The van der Waals surface area contributed by atoms with Gasteiger partial charge in [-0.15, -0.1) is 0 Å². The van der Waals surface area contributed by atoms with Gasteiger partial charge in [0.1, 0.15) is 0 Å². The first kappa shape index (κ1) is 19.0. The number of piperazine rings is 1. The Balaban J connectivity index is 1.34. The van der Waals surface area contributed by atoms with Gasteiger partial charge in [-0.1, -0.05) is 30.3 Å². The summed E-state index contributed by atoms with van der Waals surface area (Å²) in [4.78, 5) is 17.8. The van der Waals surface area contributed by atoms with E-state index < -0.39 is 0 Å². The van der Waals surface area contributed by atoms with Gasteiger partial charge in [0.25, 0.3) is 0 Å². The number of benzene rings is 2. The van der Waals surface area contributed by atoms with Crippen LogP contribution in [0.1, 0.15) is 21.5 Å². The molecule has 1 saturated heterocycles. The van der Waals surface area contributed by atoms with Gasteiger partial charge in [0.15, 0.2) is 17.3 Å². The van der Waals surface area contributed by atoms with Crippen LogP contribution in [0.2, 0.25) is 0 Å². The van der Waals surface area contributed by atoms with Crippen molar-refractivity contribution >= 4 is 5.78 Å². The van der Waals surface area contributed by atoms with Crippen LogP contribution in [0.4, 0.5) is 0 Å². The number of Topliss-reactive ketones (excluding diaryl/α,β-unsaturated/α-hetero) is 1. The maximum absolute atomic E-state index is 12.9. The lowest BCUT2D eigenvalue weighted by atomic mass is 10.0. The monoisotopic (exact) mass is 380 g/mol. The molecule has 5 nitrogen and oxygen atoms in total. The van der Waals surface area contributed by atoms with Gasteiger partial charge < -0.3 is 14.4 Å². The summed E-state index contributed by atoms with van der Waals surface area (Å²) >= 11 is 0. The second kappa shape index (κ2) is 8.33. The Bertz CT molecular complexity index is 829. The van der Waals surface area contributed by atoms with Crippen LogP contribution in [-0.4, -0.2) is 62.5 Å². The van der Waals surface area contributed by atoms with Crippen LogP contribution < -0.4 is 9.47 Å². The molecule has 0 bridgehead atoms. The smallest absolute Gasteiger partial charge is 0.167 e. The molecule has 1 heterocycles. The lowest BCUT2D eigenvalue weighted by Gasteiger charge is -2.35. The molecule has 4 rings (SSSR count). The highest BCUT2D eigenvalue weighted by molar-refractivity contribution is 6.03. The number of methoxy groups -OCH3 is 2. The van der Waals surface area contributed by atoms with Crippen molar-refractivity contribution in [1.82, 2.24) is 9.80 Å². The average molecular weight is 380 g/mol. The minimum Gasteiger partial charge on any atom is -0.493 e. The maximum Gasteiger partial charge on any atom is 0.167 e. The zero-order valence-electron chi connectivity index (χ0n) is 16.7. The molecule has 1 atom stereocenters. The lowest BCUT2D eigenvalue weighted by molar-refractivity contribution is 0.0829. The van der Waals surface area contributed by atoms with E-state index in [1.165, 1.54) is 5.56 Å². The zero-order chi connectivity index (χ0) is 19.5. The molecule has 1 aliphatic carbocycles. The fourth-order valence-electron chi connectivity index (χ4n) is 4.33. The minimum atomic E-state index is 0.0347. The lowest BCUT2D eigenvalue weighted by Crippen LogP contribution is -2.47. The Morgan fingerprint density at radius 1 is 0.929 bits per heavy atom. The van der Waals surface area contributed by atoms with E-state index in [9.17, 15) is 4.79 Å². The summed E-state index contributed by atoms with van der Waals surface area (Å²) in [5.41, 5.74) is 3.24. The zero-order valence-corrected chi connectivity index (χ0v) is 16.7. The fourth-order valence-corrected chi connectivity index (χ4v) is 4.33. The third kappa shape index (κ3) is 3.91. The van der Waals surface area contributed by atoms with Crippen LogP contribution in [0.25, 0.3) is 0 Å². The number of hydrogen-bond donors (Lipinski definition) is 0. The van der Waals surface area contributed by atoms with Crippen LogP contribution in [0.15, 0.2) is 42.5 Å². The van der Waals surface area contributed by atoms with Gasteiger partial charge in [-0.05, 0) is 29.7 Å². The molecule has 2 aromatic carbocycles.